The smallest absolute Gasteiger partial charge is 0.329 e. The number of aryl methyl sites for hydroxylation is 1. The fourth-order valence-corrected chi connectivity index (χ4v) is 4.52. The summed E-state index contributed by atoms with van der Waals surface area (Å²) < 4.78 is 17.4. The zero-order chi connectivity index (χ0) is 34.3. The largest absolute Gasteiger partial charge is 0.460 e. The quantitative estimate of drug-likeness (QED) is 0.106. The van der Waals surface area contributed by atoms with E-state index in [1.807, 2.05) is 55.5 Å². The van der Waals surface area contributed by atoms with Gasteiger partial charge in [0, 0.05) is 17.4 Å². The van der Waals surface area contributed by atoms with Crippen molar-refractivity contribution < 1.29 is 33.4 Å². The molecule has 0 aliphatic carbocycles. The summed E-state index contributed by atoms with van der Waals surface area (Å²) in [5, 5.41) is 8.67. The SMILES string of the molecule is Cc1ccc(COC(=O)C(CCC(=O)OC(C)(C)C)NC(=O)NC(CCCCNCc2ccc(Br)cc2)C(=O)OC(C)(C)C)cc1. The minimum atomic E-state index is -1.15. The maximum atomic E-state index is 13.2. The number of carbonyl (C=O) groups is 4. The van der Waals surface area contributed by atoms with Crippen molar-refractivity contribution in [1.29, 1.82) is 0 Å². The second-order valence-corrected chi connectivity index (χ2v) is 14.2. The minimum absolute atomic E-state index is 0.00172. The number of rotatable bonds is 16. The second-order valence-electron chi connectivity index (χ2n) is 13.3. The zero-order valence-corrected chi connectivity index (χ0v) is 29.8. The highest BCUT2D eigenvalue weighted by atomic mass is 79.9. The molecule has 0 heterocycles. The number of nitrogens with one attached hydrogen (secondary N) is 3. The van der Waals surface area contributed by atoms with Crippen molar-refractivity contribution in [2.75, 3.05) is 6.54 Å². The maximum Gasteiger partial charge on any atom is 0.329 e. The van der Waals surface area contributed by atoms with E-state index in [0.29, 0.717) is 19.4 Å². The van der Waals surface area contributed by atoms with Crippen LogP contribution in [0.25, 0.3) is 0 Å². The molecule has 0 spiro atoms. The van der Waals surface area contributed by atoms with Crippen LogP contribution in [0.5, 0.6) is 0 Å². The first-order valence-electron chi connectivity index (χ1n) is 15.7. The van der Waals surface area contributed by atoms with Crippen LogP contribution in [-0.2, 0) is 41.7 Å². The predicted molar refractivity (Wildman–Crippen MR) is 181 cm³/mol. The van der Waals surface area contributed by atoms with Gasteiger partial charge >= 0.3 is 23.9 Å². The molecule has 0 aliphatic heterocycles. The molecule has 46 heavy (non-hydrogen) atoms. The molecule has 2 rings (SSSR count). The Hall–Kier alpha value is -3.44. The summed E-state index contributed by atoms with van der Waals surface area (Å²) in [6, 6.07) is 12.7. The van der Waals surface area contributed by atoms with Gasteiger partial charge in [0.2, 0.25) is 0 Å². The van der Waals surface area contributed by atoms with Crippen LogP contribution in [-0.4, -0.2) is 53.8 Å². The van der Waals surface area contributed by atoms with E-state index < -0.39 is 47.2 Å². The van der Waals surface area contributed by atoms with Crippen molar-refractivity contribution in [3.05, 3.63) is 69.7 Å². The fourth-order valence-electron chi connectivity index (χ4n) is 4.26. The molecule has 254 valence electrons. The molecule has 2 unspecified atom stereocenters. The number of unbranched alkanes of at least 4 members (excludes halogenated alkanes) is 1. The van der Waals surface area contributed by atoms with Crippen LogP contribution >= 0.6 is 15.9 Å². The first-order chi connectivity index (χ1) is 21.5. The average molecular weight is 705 g/mol. The monoisotopic (exact) mass is 703 g/mol. The Balaban J connectivity index is 2.01. The summed E-state index contributed by atoms with van der Waals surface area (Å²) in [5.41, 5.74) is 1.56. The molecule has 0 aromatic heterocycles. The Morgan fingerprint density at radius 3 is 1.89 bits per heavy atom. The molecule has 2 atom stereocenters. The van der Waals surface area contributed by atoms with Gasteiger partial charge in [-0.15, -0.1) is 0 Å². The third-order valence-electron chi connectivity index (χ3n) is 6.48. The number of amides is 2. The number of ether oxygens (including phenoxy) is 3. The molecule has 0 bridgehead atoms. The van der Waals surface area contributed by atoms with Crippen LogP contribution in [0, 0.1) is 6.92 Å². The minimum Gasteiger partial charge on any atom is -0.460 e. The molecule has 2 amide bonds. The maximum absolute atomic E-state index is 13.2. The van der Waals surface area contributed by atoms with Gasteiger partial charge in [-0.1, -0.05) is 57.9 Å². The number of halogens is 1. The number of esters is 3. The molecule has 2 aromatic carbocycles. The lowest BCUT2D eigenvalue weighted by atomic mass is 10.1. The molecule has 2 aromatic rings. The molecular weight excluding hydrogens is 654 g/mol. The van der Waals surface area contributed by atoms with Crippen molar-refractivity contribution >= 4 is 39.9 Å². The van der Waals surface area contributed by atoms with E-state index >= 15 is 0 Å². The van der Waals surface area contributed by atoms with Crippen LogP contribution in [0.4, 0.5) is 4.79 Å². The molecule has 0 radical (unpaired) electrons. The fraction of sp³-hybridized carbons (Fsp3) is 0.543. The van der Waals surface area contributed by atoms with E-state index in [2.05, 4.69) is 31.9 Å². The van der Waals surface area contributed by atoms with E-state index in [-0.39, 0.29) is 19.4 Å². The van der Waals surface area contributed by atoms with Crippen molar-refractivity contribution in [2.24, 2.45) is 0 Å². The third kappa shape index (κ3) is 16.7. The van der Waals surface area contributed by atoms with Gasteiger partial charge in [0.05, 0.1) is 0 Å². The molecule has 3 N–H and O–H groups in total. The Bertz CT molecular complexity index is 1270. The van der Waals surface area contributed by atoms with E-state index in [4.69, 9.17) is 14.2 Å². The van der Waals surface area contributed by atoms with E-state index in [1.54, 1.807) is 41.5 Å². The second kappa shape index (κ2) is 18.6. The highest BCUT2D eigenvalue weighted by Gasteiger charge is 2.29. The average Bonchev–Trinajstić information content (AvgIpc) is 2.95. The van der Waals surface area contributed by atoms with Crippen LogP contribution in [0.1, 0.15) is 90.3 Å². The third-order valence-corrected chi connectivity index (χ3v) is 7.01. The predicted octanol–water partition coefficient (Wildman–Crippen LogP) is 6.26. The summed E-state index contributed by atoms with van der Waals surface area (Å²) in [4.78, 5) is 51.7. The van der Waals surface area contributed by atoms with Crippen LogP contribution in [0.3, 0.4) is 0 Å². The number of benzene rings is 2. The van der Waals surface area contributed by atoms with Gasteiger partial charge in [0.15, 0.2) is 0 Å². The number of carbonyl (C=O) groups excluding carboxylic acids is 4. The van der Waals surface area contributed by atoms with Gasteiger partial charge in [-0.3, -0.25) is 4.79 Å². The van der Waals surface area contributed by atoms with Crippen molar-refractivity contribution in [2.45, 2.75) is 117 Å². The van der Waals surface area contributed by atoms with Gasteiger partial charge in [-0.2, -0.15) is 0 Å². The molecule has 0 saturated carbocycles. The number of urea groups is 1. The molecular formula is C35H50BrN3O7. The first kappa shape index (κ1) is 38.7. The Morgan fingerprint density at radius 1 is 0.739 bits per heavy atom. The van der Waals surface area contributed by atoms with Crippen molar-refractivity contribution in [3.8, 4) is 0 Å². The van der Waals surface area contributed by atoms with E-state index in [0.717, 1.165) is 34.1 Å². The number of hydrogen-bond acceptors (Lipinski definition) is 8. The van der Waals surface area contributed by atoms with Crippen LogP contribution in [0.2, 0.25) is 0 Å². The van der Waals surface area contributed by atoms with Gasteiger partial charge in [0.25, 0.3) is 0 Å². The summed E-state index contributed by atoms with van der Waals surface area (Å²) in [7, 11) is 0. The van der Waals surface area contributed by atoms with E-state index in [9.17, 15) is 19.2 Å². The van der Waals surface area contributed by atoms with E-state index in [1.165, 1.54) is 0 Å². The molecule has 0 aliphatic rings. The zero-order valence-electron chi connectivity index (χ0n) is 28.2. The normalized spacial score (nSPS) is 12.9. The van der Waals surface area contributed by atoms with Crippen LogP contribution in [0.15, 0.2) is 53.0 Å². The van der Waals surface area contributed by atoms with Crippen molar-refractivity contribution in [1.82, 2.24) is 16.0 Å². The van der Waals surface area contributed by atoms with Gasteiger partial charge in [0.1, 0.15) is 29.9 Å². The topological polar surface area (TPSA) is 132 Å². The molecule has 0 saturated heterocycles. The lowest BCUT2D eigenvalue weighted by Crippen LogP contribution is -2.52. The standard InChI is InChI=1S/C35H50BrN3O7/c1-24-11-13-26(14-12-24)23-44-31(41)29(19-20-30(40)45-34(2,3)4)39-33(43)38-28(32(42)46-35(5,6)7)10-8-9-21-37-22-25-15-17-27(36)18-16-25/h11-18,28-29,37H,8-10,19-23H2,1-7H3,(H2,38,39,43). The molecule has 11 heteroatoms. The summed E-state index contributed by atoms with van der Waals surface area (Å²) in [6.07, 6.45) is 1.57. The van der Waals surface area contributed by atoms with Gasteiger partial charge in [-0.25, -0.2) is 14.4 Å². The summed E-state index contributed by atoms with van der Waals surface area (Å²) in [6.45, 7) is 13.9. The molecule has 0 fully saturated rings. The Labute approximate surface area is 281 Å². The Morgan fingerprint density at radius 2 is 1.30 bits per heavy atom. The lowest BCUT2D eigenvalue weighted by molar-refractivity contribution is -0.157. The van der Waals surface area contributed by atoms with Crippen LogP contribution < -0.4 is 16.0 Å². The lowest BCUT2D eigenvalue weighted by Gasteiger charge is -2.26. The van der Waals surface area contributed by atoms with Gasteiger partial charge in [-0.05, 0) is 104 Å². The first-order valence-corrected chi connectivity index (χ1v) is 16.5. The number of hydrogen-bond donors (Lipinski definition) is 3. The highest BCUT2D eigenvalue weighted by molar-refractivity contribution is 9.10. The van der Waals surface area contributed by atoms with Crippen molar-refractivity contribution in [3.63, 3.8) is 0 Å². The summed E-state index contributed by atoms with van der Waals surface area (Å²) >= 11 is 3.43. The highest BCUT2D eigenvalue weighted by Crippen LogP contribution is 2.14. The summed E-state index contributed by atoms with van der Waals surface area (Å²) in [5.74, 6) is -1.78. The molecule has 10 nitrogen and oxygen atoms in total. The Kier molecular flexibility index (Phi) is 15.7. The van der Waals surface area contributed by atoms with Gasteiger partial charge < -0.3 is 30.2 Å².